The highest BCUT2D eigenvalue weighted by Crippen LogP contribution is 2.30. The molecule has 0 unspecified atom stereocenters. The number of nitrogens with zero attached hydrogens (tertiary/aromatic N) is 1. The van der Waals surface area contributed by atoms with Gasteiger partial charge in [0.2, 0.25) is 5.91 Å². The van der Waals surface area contributed by atoms with Gasteiger partial charge in [0.15, 0.2) is 9.87 Å². The second kappa shape index (κ2) is 6.15. The number of carbonyl (C=O) groups is 1. The van der Waals surface area contributed by atoms with Gasteiger partial charge in [-0.2, -0.15) is 0 Å². The van der Waals surface area contributed by atoms with Crippen molar-refractivity contribution in [2.24, 2.45) is 0 Å². The number of aryl methyl sites for hydroxylation is 1. The lowest BCUT2D eigenvalue weighted by molar-refractivity contribution is -0.118. The lowest BCUT2D eigenvalue weighted by Crippen LogP contribution is -2.36. The van der Waals surface area contributed by atoms with E-state index < -0.39 is 15.7 Å². The zero-order chi connectivity index (χ0) is 15.6. The van der Waals surface area contributed by atoms with Crippen molar-refractivity contribution < 1.29 is 17.6 Å². The highest BCUT2D eigenvalue weighted by Gasteiger charge is 2.25. The van der Waals surface area contributed by atoms with Gasteiger partial charge in [0.25, 0.3) is 7.12 Å². The molecule has 0 aromatic heterocycles. The number of fused-ring (bicyclic) bond motifs is 1. The van der Waals surface area contributed by atoms with Crippen LogP contribution in [-0.4, -0.2) is 28.0 Å². The smallest absolute Gasteiger partial charge is 0.275 e. The number of carbonyl (C=O) groups excluding carboxylic acids is 1. The van der Waals surface area contributed by atoms with Crippen molar-refractivity contribution >= 4 is 28.6 Å². The Balaban J connectivity index is 2.32. The van der Waals surface area contributed by atoms with Crippen LogP contribution in [0.4, 0.5) is 10.1 Å². The minimum absolute atomic E-state index is 0.00533. The Hall–Kier alpha value is -1.41. The predicted octanol–water partition coefficient (Wildman–Crippen LogP) is 0.482. The second-order valence-corrected chi connectivity index (χ2v) is 7.04. The van der Waals surface area contributed by atoms with E-state index in [0.717, 1.165) is 19.1 Å². The maximum atomic E-state index is 14.1. The molecule has 0 saturated carbocycles. The molecule has 1 amide bonds. The van der Waals surface area contributed by atoms with Crippen molar-refractivity contribution in [3.05, 3.63) is 29.1 Å². The molecule has 1 aromatic rings. The molecule has 1 heterocycles. The first kappa shape index (κ1) is 16.0. The largest absolute Gasteiger partial charge is 0.312 e. The van der Waals surface area contributed by atoms with Gasteiger partial charge in [-0.1, -0.05) is 6.92 Å². The van der Waals surface area contributed by atoms with E-state index in [1.165, 1.54) is 6.07 Å². The number of benzene rings is 1. The van der Waals surface area contributed by atoms with Gasteiger partial charge < -0.3 is 4.90 Å². The van der Waals surface area contributed by atoms with E-state index in [4.69, 9.17) is 0 Å². The lowest BCUT2D eigenvalue weighted by Gasteiger charge is -2.29. The van der Waals surface area contributed by atoms with Gasteiger partial charge in [-0.05, 0) is 30.5 Å². The third-order valence-electron chi connectivity index (χ3n) is 3.42. The molecule has 0 fully saturated rings. The number of amides is 1. The number of halogens is 1. The first-order chi connectivity index (χ1) is 9.81. The first-order valence-electron chi connectivity index (χ1n) is 6.88. The molecule has 114 valence electrons. The number of nitrogens with one attached hydrogen (secondary N) is 1. The summed E-state index contributed by atoms with van der Waals surface area (Å²) in [7, 11) is -2.34. The van der Waals surface area contributed by atoms with Crippen molar-refractivity contribution in [1.29, 1.82) is 0 Å². The van der Waals surface area contributed by atoms with Crippen molar-refractivity contribution in [3.8, 4) is 0 Å². The highest BCUT2D eigenvalue weighted by atomic mass is 32.2. The summed E-state index contributed by atoms with van der Waals surface area (Å²) in [6, 6.07) is 2.99. The maximum absolute atomic E-state index is 14.1. The fourth-order valence-corrected chi connectivity index (χ4v) is 2.85. The molecule has 2 rings (SSSR count). The molecular weight excluding hydrogens is 294 g/mol. The molecule has 8 heteroatoms. The Labute approximate surface area is 124 Å². The molecule has 1 N–H and O–H groups in total. The van der Waals surface area contributed by atoms with Gasteiger partial charge in [-0.3, -0.25) is 4.79 Å². The molecule has 21 heavy (non-hydrogen) atoms. The van der Waals surface area contributed by atoms with Crippen LogP contribution in [0.25, 0.3) is 0 Å². The van der Waals surface area contributed by atoms with Gasteiger partial charge in [-0.25, -0.2) is 17.5 Å². The molecule has 1 aliphatic heterocycles. The Morgan fingerprint density at radius 3 is 2.71 bits per heavy atom. The Morgan fingerprint density at radius 2 is 2.10 bits per heavy atom. The average molecular weight is 312 g/mol. The average Bonchev–Trinajstić information content (AvgIpc) is 2.39. The Bertz CT molecular complexity index is 664. The van der Waals surface area contributed by atoms with Gasteiger partial charge in [-0.15, -0.1) is 0 Å². The van der Waals surface area contributed by atoms with Crippen molar-refractivity contribution in [3.63, 3.8) is 0 Å². The van der Waals surface area contributed by atoms with E-state index >= 15 is 0 Å². The summed E-state index contributed by atoms with van der Waals surface area (Å²) in [5.74, 6) is -0.494. The molecule has 0 bridgehead atoms. The number of hydrogen-bond acceptors (Lipinski definition) is 3. The van der Waals surface area contributed by atoms with E-state index in [0.29, 0.717) is 30.6 Å². The highest BCUT2D eigenvalue weighted by molar-refractivity contribution is 8.10. The number of rotatable bonds is 5. The summed E-state index contributed by atoms with van der Waals surface area (Å²) >= 11 is 0. The van der Waals surface area contributed by atoms with Gasteiger partial charge in [0, 0.05) is 30.8 Å². The third kappa shape index (κ3) is 3.82. The van der Waals surface area contributed by atoms with E-state index in [-0.39, 0.29) is 12.5 Å². The van der Waals surface area contributed by atoms with Gasteiger partial charge in [0.05, 0.1) is 0 Å². The van der Waals surface area contributed by atoms with Crippen molar-refractivity contribution in [1.82, 2.24) is 4.72 Å². The molecule has 0 saturated heterocycles. The molecule has 0 spiro atoms. The van der Waals surface area contributed by atoms with Crippen LogP contribution in [0.2, 0.25) is 0 Å². The first-order valence-corrected chi connectivity index (χ1v) is 8.77. The number of anilines is 1. The summed E-state index contributed by atoms with van der Waals surface area (Å²) in [6.45, 7) is 2.44. The van der Waals surface area contributed by atoms with Crippen LogP contribution in [-0.2, 0) is 27.6 Å². The summed E-state index contributed by atoms with van der Waals surface area (Å²) in [5.41, 5.74) is 1.79. The van der Waals surface area contributed by atoms with Crippen LogP contribution in [0.1, 0.15) is 30.9 Å². The van der Waals surface area contributed by atoms with Gasteiger partial charge in [0.1, 0.15) is 5.82 Å². The quantitative estimate of drug-likeness (QED) is 0.804. The van der Waals surface area contributed by atoms with Crippen LogP contribution < -0.4 is 9.62 Å². The van der Waals surface area contributed by atoms with Crippen molar-refractivity contribution in [2.45, 2.75) is 32.7 Å². The van der Waals surface area contributed by atoms with E-state index in [1.54, 1.807) is 11.0 Å². The second-order valence-electron chi connectivity index (χ2n) is 5.21. The van der Waals surface area contributed by atoms with Crippen LogP contribution in [0, 0.1) is 5.82 Å². The summed E-state index contributed by atoms with van der Waals surface area (Å²) in [4.78, 5) is 13.5. The molecule has 5 nitrogen and oxygen atoms in total. The molecule has 1 aromatic carbocycles. The molecule has 0 aliphatic carbocycles. The third-order valence-corrected chi connectivity index (χ3v) is 4.09. The van der Waals surface area contributed by atoms with Gasteiger partial charge >= 0.3 is 0 Å². The fourth-order valence-electron chi connectivity index (χ4n) is 2.43. The number of hydrogen-bond donors (Lipinski definition) is 1. The SMILES string of the molecule is BS(=O)(=O)NCc1cc2c(cc1F)N(CCC)C(=O)CC2. The monoisotopic (exact) mass is 312 g/mol. The maximum Gasteiger partial charge on any atom is 0.275 e. The normalized spacial score (nSPS) is 15.1. The Kier molecular flexibility index (Phi) is 4.68. The fraction of sp³-hybridized carbons (Fsp3) is 0.462. The summed E-state index contributed by atoms with van der Waals surface area (Å²) in [6.07, 6.45) is 1.75. The zero-order valence-electron chi connectivity index (χ0n) is 12.1. The zero-order valence-corrected chi connectivity index (χ0v) is 13.0. The minimum Gasteiger partial charge on any atom is -0.312 e. The van der Waals surface area contributed by atoms with E-state index in [1.807, 2.05) is 6.92 Å². The molecule has 0 atom stereocenters. The van der Waals surface area contributed by atoms with Crippen LogP contribution in [0.5, 0.6) is 0 Å². The lowest BCUT2D eigenvalue weighted by atomic mass is 9.98. The van der Waals surface area contributed by atoms with E-state index in [9.17, 15) is 17.6 Å². The molecular formula is C13H18BFN2O3S. The van der Waals surface area contributed by atoms with Crippen LogP contribution in [0.3, 0.4) is 0 Å². The minimum atomic E-state index is -3.37. The predicted molar refractivity (Wildman–Crippen MR) is 81.7 cm³/mol. The Morgan fingerprint density at radius 1 is 1.38 bits per heavy atom. The molecule has 0 radical (unpaired) electrons. The topological polar surface area (TPSA) is 66.5 Å². The standard InChI is InChI=1S/C13H18BFN2O3S/c1-2-5-17-12-7-11(15)10(8-16-21(14,19)20)6-9(12)3-4-13(17)18/h6-7,16H,2-5,8,14H2,1H3. The van der Waals surface area contributed by atoms with Crippen LogP contribution in [0.15, 0.2) is 12.1 Å². The van der Waals surface area contributed by atoms with E-state index in [2.05, 4.69) is 4.72 Å². The van der Waals surface area contributed by atoms with Crippen LogP contribution >= 0.6 is 0 Å². The summed E-state index contributed by atoms with van der Waals surface area (Å²) in [5, 5.41) is 0. The van der Waals surface area contributed by atoms with Crippen molar-refractivity contribution in [2.75, 3.05) is 11.4 Å². The summed E-state index contributed by atoms with van der Waals surface area (Å²) < 4.78 is 38.6. The molecule has 1 aliphatic rings.